The molecule has 0 spiro atoms. The molecule has 1 saturated carbocycles. The molecule has 0 bridgehead atoms. The van der Waals surface area contributed by atoms with Gasteiger partial charge in [0.15, 0.2) is 6.61 Å². The van der Waals surface area contributed by atoms with E-state index >= 15 is 0 Å². The van der Waals surface area contributed by atoms with Crippen LogP contribution in [0.25, 0.3) is 0 Å². The van der Waals surface area contributed by atoms with Gasteiger partial charge in [0.1, 0.15) is 6.10 Å². The van der Waals surface area contributed by atoms with E-state index in [-0.39, 0.29) is 6.10 Å². The molecule has 2 fully saturated rings. The van der Waals surface area contributed by atoms with Crippen LogP contribution in [0.3, 0.4) is 0 Å². The van der Waals surface area contributed by atoms with E-state index in [1.165, 1.54) is 51.6 Å². The van der Waals surface area contributed by atoms with E-state index in [9.17, 15) is 0 Å². The van der Waals surface area contributed by atoms with E-state index in [0.29, 0.717) is 12.5 Å². The Hall–Kier alpha value is -0.770. The number of ether oxygens (including phenoxy) is 1. The van der Waals surface area contributed by atoms with Crippen molar-refractivity contribution < 1.29 is 9.57 Å². The van der Waals surface area contributed by atoms with Crippen LogP contribution in [0.1, 0.15) is 52.4 Å². The van der Waals surface area contributed by atoms with Crippen molar-refractivity contribution in [2.75, 3.05) is 26.2 Å². The number of likely N-dealkylation sites (tertiary alicyclic amines) is 1. The van der Waals surface area contributed by atoms with Gasteiger partial charge in [0.2, 0.25) is 5.90 Å². The van der Waals surface area contributed by atoms with E-state index in [1.807, 2.05) is 0 Å². The Balaban J connectivity index is 1.51. The number of nitrogens with zero attached hydrogens (tertiary/aromatic N) is 2. The second-order valence-corrected chi connectivity index (χ2v) is 7.29. The Labute approximate surface area is 128 Å². The van der Waals surface area contributed by atoms with Crippen molar-refractivity contribution in [2.45, 2.75) is 58.5 Å². The molecule has 0 aromatic rings. The highest BCUT2D eigenvalue weighted by Crippen LogP contribution is 2.35. The van der Waals surface area contributed by atoms with Crippen LogP contribution in [-0.4, -0.2) is 43.1 Å². The number of hydrogen-bond acceptors (Lipinski definition) is 4. The van der Waals surface area contributed by atoms with Gasteiger partial charge in [-0.1, -0.05) is 25.4 Å². The first-order valence-corrected chi connectivity index (χ1v) is 8.81. The highest BCUT2D eigenvalue weighted by Gasteiger charge is 2.33. The summed E-state index contributed by atoms with van der Waals surface area (Å²) in [6.07, 6.45) is 7.88. The molecule has 21 heavy (non-hydrogen) atoms. The molecule has 0 radical (unpaired) electrons. The van der Waals surface area contributed by atoms with E-state index in [4.69, 9.17) is 9.57 Å². The maximum absolute atomic E-state index is 6.20. The van der Waals surface area contributed by atoms with Gasteiger partial charge >= 0.3 is 0 Å². The highest BCUT2D eigenvalue weighted by atomic mass is 16.7. The summed E-state index contributed by atoms with van der Waals surface area (Å²) in [4.78, 5) is 8.01. The molecule has 0 amide bonds. The number of rotatable bonds is 3. The molecule has 2 aliphatic heterocycles. The predicted molar refractivity (Wildman–Crippen MR) is 84.2 cm³/mol. The molecule has 3 aliphatic rings. The Bertz CT molecular complexity index is 366. The minimum atomic E-state index is 0.172. The fourth-order valence-electron chi connectivity index (χ4n) is 3.87. The van der Waals surface area contributed by atoms with Crippen molar-refractivity contribution in [2.24, 2.45) is 22.9 Å². The van der Waals surface area contributed by atoms with Gasteiger partial charge in [-0.3, -0.25) is 4.90 Å². The molecule has 0 aromatic carbocycles. The van der Waals surface area contributed by atoms with Gasteiger partial charge in [-0.15, -0.1) is 0 Å². The maximum atomic E-state index is 6.20. The van der Waals surface area contributed by atoms with Gasteiger partial charge < -0.3 is 9.57 Å². The van der Waals surface area contributed by atoms with Gasteiger partial charge in [-0.05, 0) is 57.0 Å². The largest absolute Gasteiger partial charge is 0.470 e. The van der Waals surface area contributed by atoms with Crippen LogP contribution < -0.4 is 0 Å². The summed E-state index contributed by atoms with van der Waals surface area (Å²) < 4.78 is 6.20. The van der Waals surface area contributed by atoms with Gasteiger partial charge in [-0.25, -0.2) is 0 Å². The van der Waals surface area contributed by atoms with Crippen LogP contribution in [0, 0.1) is 17.8 Å². The maximum Gasteiger partial charge on any atom is 0.229 e. The molecule has 120 valence electrons. The summed E-state index contributed by atoms with van der Waals surface area (Å²) in [5, 5.41) is 4.23. The molecule has 4 atom stereocenters. The van der Waals surface area contributed by atoms with Crippen molar-refractivity contribution in [3.8, 4) is 0 Å². The molecular weight excluding hydrogens is 264 g/mol. The zero-order chi connectivity index (χ0) is 14.7. The zero-order valence-electron chi connectivity index (χ0n) is 13.6. The van der Waals surface area contributed by atoms with E-state index in [2.05, 4.69) is 23.9 Å². The summed E-state index contributed by atoms with van der Waals surface area (Å²) >= 11 is 0. The number of oxime groups is 1. The quantitative estimate of drug-likeness (QED) is 0.801. The third-order valence-electron chi connectivity index (χ3n) is 5.56. The summed E-state index contributed by atoms with van der Waals surface area (Å²) in [6, 6.07) is 0. The van der Waals surface area contributed by atoms with E-state index in [1.54, 1.807) is 0 Å². The van der Waals surface area contributed by atoms with Crippen molar-refractivity contribution in [1.29, 1.82) is 0 Å². The second-order valence-electron chi connectivity index (χ2n) is 7.29. The molecule has 4 unspecified atom stereocenters. The standard InChI is InChI=1S/C17H30N2O2/c1-13-6-7-15(10-14(13)2)17-18-20-12-16(21-17)11-19-8-4-3-5-9-19/h13-16H,3-12H2,1-2H3. The summed E-state index contributed by atoms with van der Waals surface area (Å²) in [7, 11) is 0. The van der Waals surface area contributed by atoms with Crippen molar-refractivity contribution >= 4 is 5.90 Å². The molecule has 0 aromatic heterocycles. The molecule has 1 saturated heterocycles. The average Bonchev–Trinajstić information content (AvgIpc) is 2.51. The second kappa shape index (κ2) is 6.99. The van der Waals surface area contributed by atoms with Crippen LogP contribution in [0.4, 0.5) is 0 Å². The highest BCUT2D eigenvalue weighted by molar-refractivity contribution is 5.78. The first-order chi connectivity index (χ1) is 10.2. The minimum absolute atomic E-state index is 0.172. The Morgan fingerprint density at radius 3 is 2.67 bits per heavy atom. The molecule has 2 heterocycles. The predicted octanol–water partition coefficient (Wildman–Crippen LogP) is 3.27. The first-order valence-electron chi connectivity index (χ1n) is 8.81. The van der Waals surface area contributed by atoms with Crippen molar-refractivity contribution in [1.82, 2.24) is 4.90 Å². The Kier molecular flexibility index (Phi) is 5.04. The molecule has 4 nitrogen and oxygen atoms in total. The lowest BCUT2D eigenvalue weighted by Gasteiger charge is -2.36. The Morgan fingerprint density at radius 1 is 1.10 bits per heavy atom. The molecule has 1 aliphatic carbocycles. The number of piperidine rings is 1. The van der Waals surface area contributed by atoms with Gasteiger partial charge in [-0.2, -0.15) is 0 Å². The lowest BCUT2D eigenvalue weighted by molar-refractivity contribution is -0.0180. The molecular formula is C17H30N2O2. The fourth-order valence-corrected chi connectivity index (χ4v) is 3.87. The van der Waals surface area contributed by atoms with Crippen molar-refractivity contribution in [3.63, 3.8) is 0 Å². The van der Waals surface area contributed by atoms with Gasteiger partial charge in [0.25, 0.3) is 0 Å². The lowest BCUT2D eigenvalue weighted by Crippen LogP contribution is -2.43. The van der Waals surface area contributed by atoms with E-state index in [0.717, 1.165) is 24.3 Å². The molecule has 0 N–H and O–H groups in total. The molecule has 4 heteroatoms. The minimum Gasteiger partial charge on any atom is -0.470 e. The Morgan fingerprint density at radius 2 is 1.90 bits per heavy atom. The lowest BCUT2D eigenvalue weighted by atomic mass is 9.76. The van der Waals surface area contributed by atoms with Gasteiger partial charge in [0.05, 0.1) is 0 Å². The summed E-state index contributed by atoms with van der Waals surface area (Å²) in [5.74, 6) is 2.94. The van der Waals surface area contributed by atoms with Crippen molar-refractivity contribution in [3.05, 3.63) is 0 Å². The van der Waals surface area contributed by atoms with Gasteiger partial charge in [0, 0.05) is 12.5 Å². The third-order valence-corrected chi connectivity index (χ3v) is 5.56. The SMILES string of the molecule is CC1CCC(C2=NOCC(CN3CCCCC3)O2)CC1C. The van der Waals surface area contributed by atoms with Crippen LogP contribution in [0.5, 0.6) is 0 Å². The molecule has 3 rings (SSSR count). The van der Waals surface area contributed by atoms with E-state index < -0.39 is 0 Å². The van der Waals surface area contributed by atoms with Crippen LogP contribution in [0.15, 0.2) is 5.16 Å². The monoisotopic (exact) mass is 294 g/mol. The smallest absolute Gasteiger partial charge is 0.229 e. The average molecular weight is 294 g/mol. The van der Waals surface area contributed by atoms with Crippen LogP contribution in [-0.2, 0) is 9.57 Å². The zero-order valence-corrected chi connectivity index (χ0v) is 13.6. The topological polar surface area (TPSA) is 34.1 Å². The first kappa shape index (κ1) is 15.1. The summed E-state index contributed by atoms with van der Waals surface area (Å²) in [6.45, 7) is 8.75. The third kappa shape index (κ3) is 3.91. The van der Waals surface area contributed by atoms with Crippen LogP contribution in [0.2, 0.25) is 0 Å². The fraction of sp³-hybridized carbons (Fsp3) is 0.941. The summed E-state index contributed by atoms with van der Waals surface area (Å²) in [5.41, 5.74) is 0. The number of hydrogen-bond donors (Lipinski definition) is 0. The normalized spacial score (nSPS) is 38.3. The van der Waals surface area contributed by atoms with Crippen LogP contribution >= 0.6 is 0 Å².